The molecule has 0 radical (unpaired) electrons. The molecule has 0 N–H and O–H groups in total. The fraction of sp³-hybridized carbons (Fsp3) is 0. The van der Waals surface area contributed by atoms with Crippen molar-refractivity contribution in [3.05, 3.63) is 194 Å². The number of aromatic nitrogens is 2. The number of hydrogen-bond acceptors (Lipinski definition) is 6. The summed E-state index contributed by atoms with van der Waals surface area (Å²) in [6.45, 7) is 0. The minimum absolute atomic E-state index is 0.854. The van der Waals surface area contributed by atoms with Crippen LogP contribution in [0.15, 0.2) is 214 Å². The highest BCUT2D eigenvalue weighted by atomic mass is 32.2. The molecule has 0 spiro atoms. The smallest absolute Gasteiger partial charge is 0.0979 e. The number of fused-ring (bicyclic) bond motifs is 10. The van der Waals surface area contributed by atoms with E-state index in [0.29, 0.717) is 0 Å². The second kappa shape index (κ2) is 13.4. The minimum Gasteiger partial charge on any atom is -0.308 e. The average molecular weight is 777 g/mol. The SMILES string of the molecule is c1ccc2c(c1)Sc1ccccc1N2c1ccc(-c2nc3c4ccccc4c4ccccc4c3nc2-c2ccc(N3c4ccccc4Sc4ccccc43)cc2)cc1. The van der Waals surface area contributed by atoms with Crippen LogP contribution in [-0.4, -0.2) is 9.97 Å². The zero-order valence-electron chi connectivity index (χ0n) is 31.1. The molecule has 0 saturated heterocycles. The van der Waals surface area contributed by atoms with E-state index in [4.69, 9.17) is 9.97 Å². The van der Waals surface area contributed by atoms with Gasteiger partial charge in [0.1, 0.15) is 0 Å². The zero-order valence-corrected chi connectivity index (χ0v) is 32.7. The van der Waals surface area contributed by atoms with Crippen molar-refractivity contribution < 1.29 is 0 Å². The first-order valence-electron chi connectivity index (χ1n) is 19.4. The summed E-state index contributed by atoms with van der Waals surface area (Å²) < 4.78 is 0. The van der Waals surface area contributed by atoms with Crippen molar-refractivity contribution in [2.75, 3.05) is 9.80 Å². The van der Waals surface area contributed by atoms with Crippen molar-refractivity contribution in [3.8, 4) is 22.5 Å². The van der Waals surface area contributed by atoms with E-state index >= 15 is 0 Å². The van der Waals surface area contributed by atoms with Crippen molar-refractivity contribution >= 4 is 90.2 Å². The lowest BCUT2D eigenvalue weighted by Gasteiger charge is -2.33. The molecule has 2 aliphatic rings. The highest BCUT2D eigenvalue weighted by molar-refractivity contribution is 8.00. The van der Waals surface area contributed by atoms with Crippen molar-refractivity contribution in [1.29, 1.82) is 0 Å². The van der Waals surface area contributed by atoms with Crippen LogP contribution in [0.4, 0.5) is 34.1 Å². The molecular weight excluding hydrogens is 745 g/mol. The molecule has 272 valence electrons. The molecule has 0 amide bonds. The van der Waals surface area contributed by atoms with Gasteiger partial charge in [-0.2, -0.15) is 0 Å². The molecule has 58 heavy (non-hydrogen) atoms. The van der Waals surface area contributed by atoms with Gasteiger partial charge in [0.05, 0.1) is 45.2 Å². The Kier molecular flexibility index (Phi) is 7.68. The first-order chi connectivity index (χ1) is 28.8. The maximum atomic E-state index is 5.59. The Morgan fingerprint density at radius 1 is 0.293 bits per heavy atom. The Bertz CT molecular complexity index is 2940. The number of hydrogen-bond donors (Lipinski definition) is 0. The molecule has 0 unspecified atom stereocenters. The van der Waals surface area contributed by atoms with Crippen LogP contribution in [0.3, 0.4) is 0 Å². The molecule has 0 aliphatic carbocycles. The third-order valence-electron chi connectivity index (χ3n) is 11.2. The number of para-hydroxylation sites is 4. The molecule has 0 saturated carbocycles. The van der Waals surface area contributed by atoms with Crippen molar-refractivity contribution in [1.82, 2.24) is 9.97 Å². The molecule has 1 aromatic heterocycles. The van der Waals surface area contributed by atoms with Gasteiger partial charge in [0, 0.05) is 52.9 Å². The van der Waals surface area contributed by atoms with Crippen molar-refractivity contribution in [2.24, 2.45) is 0 Å². The lowest BCUT2D eigenvalue weighted by atomic mass is 9.97. The second-order valence-electron chi connectivity index (χ2n) is 14.5. The number of anilines is 6. The quantitative estimate of drug-likeness (QED) is 0.166. The van der Waals surface area contributed by atoms with E-state index in [9.17, 15) is 0 Å². The van der Waals surface area contributed by atoms with E-state index in [1.165, 1.54) is 53.1 Å². The molecule has 3 heterocycles. The Balaban J connectivity index is 1.04. The van der Waals surface area contributed by atoms with Gasteiger partial charge in [-0.05, 0) is 83.6 Å². The van der Waals surface area contributed by atoms with Crippen LogP contribution < -0.4 is 9.80 Å². The Morgan fingerprint density at radius 2 is 0.586 bits per heavy atom. The van der Waals surface area contributed by atoms with Crippen LogP contribution >= 0.6 is 23.5 Å². The summed E-state index contributed by atoms with van der Waals surface area (Å²) in [5, 5.41) is 4.56. The molecule has 0 fully saturated rings. The summed E-state index contributed by atoms with van der Waals surface area (Å²) in [6, 6.07) is 69.4. The maximum Gasteiger partial charge on any atom is 0.0979 e. The van der Waals surface area contributed by atoms with E-state index in [0.717, 1.165) is 55.7 Å². The topological polar surface area (TPSA) is 32.3 Å². The largest absolute Gasteiger partial charge is 0.308 e. The summed E-state index contributed by atoms with van der Waals surface area (Å²) in [6.07, 6.45) is 0. The molecule has 6 heteroatoms. The lowest BCUT2D eigenvalue weighted by Crippen LogP contribution is -2.14. The van der Waals surface area contributed by atoms with Gasteiger partial charge in [0.25, 0.3) is 0 Å². The summed E-state index contributed by atoms with van der Waals surface area (Å²) in [4.78, 5) is 20.9. The number of benzene rings is 9. The highest BCUT2D eigenvalue weighted by Gasteiger charge is 2.27. The van der Waals surface area contributed by atoms with Crippen LogP contribution in [0, 0.1) is 0 Å². The van der Waals surface area contributed by atoms with E-state index in [2.05, 4.69) is 204 Å². The van der Waals surface area contributed by atoms with Gasteiger partial charge in [-0.1, -0.05) is 145 Å². The van der Waals surface area contributed by atoms with Gasteiger partial charge in [-0.3, -0.25) is 0 Å². The van der Waals surface area contributed by atoms with Crippen molar-refractivity contribution in [2.45, 2.75) is 19.6 Å². The Hall–Kier alpha value is -6.86. The molecule has 4 nitrogen and oxygen atoms in total. The van der Waals surface area contributed by atoms with E-state index in [-0.39, 0.29) is 0 Å². The summed E-state index contributed by atoms with van der Waals surface area (Å²) in [5.41, 5.74) is 12.5. The van der Waals surface area contributed by atoms with E-state index < -0.39 is 0 Å². The first kappa shape index (κ1) is 33.3. The predicted octanol–water partition coefficient (Wildman–Crippen LogP) is 15.1. The number of rotatable bonds is 4. The second-order valence-corrected chi connectivity index (χ2v) is 16.7. The summed E-state index contributed by atoms with van der Waals surface area (Å²) in [5.74, 6) is 0. The minimum atomic E-state index is 0.854. The van der Waals surface area contributed by atoms with Gasteiger partial charge < -0.3 is 9.80 Å². The fourth-order valence-corrected chi connectivity index (χ4v) is 10.7. The van der Waals surface area contributed by atoms with Crippen LogP contribution in [0.5, 0.6) is 0 Å². The monoisotopic (exact) mass is 776 g/mol. The fourth-order valence-electron chi connectivity index (χ4n) is 8.56. The molecule has 0 atom stereocenters. The van der Waals surface area contributed by atoms with Crippen LogP contribution in [-0.2, 0) is 0 Å². The van der Waals surface area contributed by atoms with Crippen molar-refractivity contribution in [3.63, 3.8) is 0 Å². The van der Waals surface area contributed by atoms with Crippen LogP contribution in [0.25, 0.3) is 55.1 Å². The average Bonchev–Trinajstić information content (AvgIpc) is 3.30. The molecule has 12 rings (SSSR count). The molecule has 10 aromatic rings. The van der Waals surface area contributed by atoms with E-state index in [1.54, 1.807) is 0 Å². The Morgan fingerprint density at radius 3 is 0.931 bits per heavy atom. The summed E-state index contributed by atoms with van der Waals surface area (Å²) >= 11 is 3.64. The third-order valence-corrected chi connectivity index (χ3v) is 13.5. The Labute approximate surface area is 344 Å². The van der Waals surface area contributed by atoms with Gasteiger partial charge in [0.15, 0.2) is 0 Å². The highest BCUT2D eigenvalue weighted by Crippen LogP contribution is 2.53. The third kappa shape index (κ3) is 5.26. The van der Waals surface area contributed by atoms with E-state index in [1.807, 2.05) is 23.5 Å². The molecule has 9 aromatic carbocycles. The maximum absolute atomic E-state index is 5.59. The van der Waals surface area contributed by atoms with Crippen LogP contribution in [0.2, 0.25) is 0 Å². The molecular formula is C52H32N4S2. The number of nitrogens with zero attached hydrogens (tertiary/aromatic N) is 4. The first-order valence-corrected chi connectivity index (χ1v) is 21.0. The van der Waals surface area contributed by atoms with Gasteiger partial charge in [-0.15, -0.1) is 0 Å². The van der Waals surface area contributed by atoms with Gasteiger partial charge in [0.2, 0.25) is 0 Å². The van der Waals surface area contributed by atoms with Gasteiger partial charge in [-0.25, -0.2) is 9.97 Å². The van der Waals surface area contributed by atoms with Gasteiger partial charge >= 0.3 is 0 Å². The molecule has 0 bridgehead atoms. The zero-order chi connectivity index (χ0) is 38.2. The molecule has 2 aliphatic heterocycles. The van der Waals surface area contributed by atoms with Crippen LogP contribution in [0.1, 0.15) is 0 Å². The predicted molar refractivity (Wildman–Crippen MR) is 243 cm³/mol. The lowest BCUT2D eigenvalue weighted by molar-refractivity contribution is 1.16. The summed E-state index contributed by atoms with van der Waals surface area (Å²) in [7, 11) is 0. The normalized spacial score (nSPS) is 13.0. The standard InChI is InChI=1S/C52H32N4S2/c1-3-15-39-37(13-1)38-14-2-4-16-40(38)52-51(39)53-49(33-25-29-35(30-26-33)55-41-17-5-9-21-45(41)57-46-22-10-6-18-42(46)55)50(54-52)34-27-31-36(32-28-34)56-43-19-7-11-23-47(43)58-48-24-12-8-20-44(48)56/h1-32H.